The fourth-order valence-corrected chi connectivity index (χ4v) is 3.69. The van der Waals surface area contributed by atoms with E-state index in [1.807, 2.05) is 20.8 Å². The maximum Gasteiger partial charge on any atom is 0.410 e. The van der Waals surface area contributed by atoms with E-state index < -0.39 is 11.4 Å². The van der Waals surface area contributed by atoms with Crippen LogP contribution >= 0.6 is 11.6 Å². The Morgan fingerprint density at radius 2 is 2.11 bits per heavy atom. The van der Waals surface area contributed by atoms with E-state index in [1.165, 1.54) is 6.07 Å². The zero-order valence-corrected chi connectivity index (χ0v) is 16.4. The van der Waals surface area contributed by atoms with Crippen LogP contribution in [-0.2, 0) is 9.47 Å². The van der Waals surface area contributed by atoms with Crippen molar-refractivity contribution in [3.8, 4) is 0 Å². The van der Waals surface area contributed by atoms with Crippen LogP contribution in [0.5, 0.6) is 0 Å². The van der Waals surface area contributed by atoms with Crippen molar-refractivity contribution in [3.05, 3.63) is 40.0 Å². The van der Waals surface area contributed by atoms with Crippen molar-refractivity contribution in [2.45, 2.75) is 38.5 Å². The number of fused-ring (bicyclic) bond motifs is 1. The van der Waals surface area contributed by atoms with Crippen LogP contribution in [0.15, 0.2) is 12.1 Å². The summed E-state index contributed by atoms with van der Waals surface area (Å²) < 4.78 is 25.1. The Hall–Kier alpha value is -1.88. The Kier molecular flexibility index (Phi) is 5.61. The van der Waals surface area contributed by atoms with Gasteiger partial charge < -0.3 is 14.4 Å². The monoisotopic (exact) mass is 395 g/mol. The van der Waals surface area contributed by atoms with Gasteiger partial charge in [0.15, 0.2) is 0 Å². The van der Waals surface area contributed by atoms with Crippen molar-refractivity contribution in [1.82, 2.24) is 9.80 Å². The number of rotatable bonds is 1. The first-order chi connectivity index (χ1) is 12.7. The molecule has 2 heterocycles. The largest absolute Gasteiger partial charge is 0.444 e. The molecule has 0 bridgehead atoms. The van der Waals surface area contributed by atoms with Gasteiger partial charge in [-0.2, -0.15) is 0 Å². The second-order valence-corrected chi connectivity index (χ2v) is 8.19. The lowest BCUT2D eigenvalue weighted by molar-refractivity contribution is -0.0906. The lowest BCUT2D eigenvalue weighted by Crippen LogP contribution is -2.60. The Morgan fingerprint density at radius 1 is 1.37 bits per heavy atom. The van der Waals surface area contributed by atoms with Crippen molar-refractivity contribution in [2.75, 3.05) is 32.8 Å². The number of nitrogens with zero attached hydrogens (tertiary/aromatic N) is 3. The summed E-state index contributed by atoms with van der Waals surface area (Å²) in [6.07, 6.45) is -0.643. The third-order valence-electron chi connectivity index (χ3n) is 4.70. The van der Waals surface area contributed by atoms with Crippen molar-refractivity contribution in [2.24, 2.45) is 0 Å². The summed E-state index contributed by atoms with van der Waals surface area (Å²) in [5.41, 5.74) is -0.0748. The third-order valence-corrected chi connectivity index (χ3v) is 5.10. The predicted molar refractivity (Wildman–Crippen MR) is 99.5 cm³/mol. The zero-order chi connectivity index (χ0) is 19.8. The first-order valence-electron chi connectivity index (χ1n) is 8.88. The van der Waals surface area contributed by atoms with E-state index in [0.29, 0.717) is 38.3 Å². The predicted octanol–water partition coefficient (Wildman–Crippen LogP) is 4.02. The Morgan fingerprint density at radius 3 is 2.78 bits per heavy atom. The highest BCUT2D eigenvalue weighted by molar-refractivity contribution is 6.34. The highest BCUT2D eigenvalue weighted by Gasteiger charge is 2.37. The molecule has 2 saturated heterocycles. The second kappa shape index (κ2) is 7.63. The first-order valence-corrected chi connectivity index (χ1v) is 9.26. The minimum absolute atomic E-state index is 0.0714. The van der Waals surface area contributed by atoms with Gasteiger partial charge in [-0.1, -0.05) is 17.7 Å². The van der Waals surface area contributed by atoms with Crippen LogP contribution in [0.1, 0.15) is 32.4 Å². The molecular formula is C19H23ClFN3O3. The minimum Gasteiger partial charge on any atom is -0.444 e. The van der Waals surface area contributed by atoms with Crippen LogP contribution in [0.25, 0.3) is 4.85 Å². The molecule has 1 amide bonds. The molecule has 2 fully saturated rings. The van der Waals surface area contributed by atoms with Gasteiger partial charge in [-0.15, -0.1) is 0 Å². The molecule has 0 N–H and O–H groups in total. The Bertz CT molecular complexity index is 775. The van der Waals surface area contributed by atoms with Gasteiger partial charge >= 0.3 is 6.09 Å². The number of hydrogen-bond donors (Lipinski definition) is 0. The summed E-state index contributed by atoms with van der Waals surface area (Å²) in [7, 11) is 0. The van der Waals surface area contributed by atoms with Gasteiger partial charge in [0.2, 0.25) is 5.69 Å². The van der Waals surface area contributed by atoms with E-state index in [1.54, 1.807) is 11.0 Å². The van der Waals surface area contributed by atoms with Crippen LogP contribution in [-0.4, -0.2) is 60.3 Å². The third kappa shape index (κ3) is 4.34. The standard InChI is InChI=1S/C19H23ClFN3O3/c1-19(2,3)27-18(25)24-8-7-23-10-15(26-11-12(23)9-24)13-5-6-14(21)17(22-4)16(13)20/h5-6,12,15H,7-11H2,1-3H3/t12-,15+/m1/s1. The van der Waals surface area contributed by atoms with E-state index in [-0.39, 0.29) is 28.9 Å². The molecule has 3 rings (SSSR count). The maximum absolute atomic E-state index is 13.7. The van der Waals surface area contributed by atoms with E-state index >= 15 is 0 Å². The molecule has 2 aliphatic heterocycles. The molecule has 0 unspecified atom stereocenters. The molecule has 2 aliphatic rings. The molecule has 0 saturated carbocycles. The lowest BCUT2D eigenvalue weighted by atomic mass is 10.0. The average Bonchev–Trinajstić information content (AvgIpc) is 2.60. The fourth-order valence-electron chi connectivity index (χ4n) is 3.37. The summed E-state index contributed by atoms with van der Waals surface area (Å²) in [6, 6.07) is 2.90. The summed E-state index contributed by atoms with van der Waals surface area (Å²) in [5.74, 6) is -0.626. The van der Waals surface area contributed by atoms with E-state index in [9.17, 15) is 9.18 Å². The van der Waals surface area contributed by atoms with Gasteiger partial charge in [-0.3, -0.25) is 4.90 Å². The molecule has 6 nitrogen and oxygen atoms in total. The highest BCUT2D eigenvalue weighted by Crippen LogP contribution is 2.38. The maximum atomic E-state index is 13.7. The van der Waals surface area contributed by atoms with E-state index in [4.69, 9.17) is 27.6 Å². The molecule has 8 heteroatoms. The number of amides is 1. The van der Waals surface area contributed by atoms with E-state index in [0.717, 1.165) is 0 Å². The average molecular weight is 396 g/mol. The van der Waals surface area contributed by atoms with Gasteiger partial charge in [0.25, 0.3) is 0 Å². The van der Waals surface area contributed by atoms with Gasteiger partial charge in [-0.05, 0) is 32.4 Å². The quantitative estimate of drug-likeness (QED) is 0.674. The van der Waals surface area contributed by atoms with E-state index in [2.05, 4.69) is 9.74 Å². The fraction of sp³-hybridized carbons (Fsp3) is 0.579. The van der Waals surface area contributed by atoms with Crippen molar-refractivity contribution in [3.63, 3.8) is 0 Å². The molecule has 27 heavy (non-hydrogen) atoms. The molecule has 0 aromatic heterocycles. The SMILES string of the molecule is [C-]#[N+]c1c(F)ccc([C@@H]2CN3CCN(C(=O)OC(C)(C)C)C[C@@H]3CO2)c1Cl. The Labute approximate surface area is 163 Å². The smallest absolute Gasteiger partial charge is 0.410 e. The molecular weight excluding hydrogens is 373 g/mol. The second-order valence-electron chi connectivity index (χ2n) is 7.81. The molecule has 2 atom stereocenters. The summed E-state index contributed by atoms with van der Waals surface area (Å²) in [5, 5.41) is 0.112. The number of piperazine rings is 1. The molecule has 146 valence electrons. The number of morpholine rings is 1. The van der Waals surface area contributed by atoms with Crippen LogP contribution in [0.3, 0.4) is 0 Å². The van der Waals surface area contributed by atoms with Crippen molar-refractivity contribution >= 4 is 23.4 Å². The molecule has 1 aromatic carbocycles. The highest BCUT2D eigenvalue weighted by atomic mass is 35.5. The minimum atomic E-state index is -0.626. The van der Waals surface area contributed by atoms with Gasteiger partial charge in [0.05, 0.1) is 30.3 Å². The van der Waals surface area contributed by atoms with Gasteiger partial charge in [-0.25, -0.2) is 14.0 Å². The summed E-state index contributed by atoms with van der Waals surface area (Å²) in [4.78, 5) is 19.4. The normalized spacial score (nSPS) is 23.5. The summed E-state index contributed by atoms with van der Waals surface area (Å²) in [6.45, 7) is 15.4. The Balaban J connectivity index is 1.67. The van der Waals surface area contributed by atoms with Crippen molar-refractivity contribution in [1.29, 1.82) is 0 Å². The summed E-state index contributed by atoms with van der Waals surface area (Å²) >= 11 is 6.23. The van der Waals surface area contributed by atoms with Crippen LogP contribution in [0.2, 0.25) is 5.02 Å². The van der Waals surface area contributed by atoms with Crippen LogP contribution < -0.4 is 0 Å². The van der Waals surface area contributed by atoms with Crippen LogP contribution in [0, 0.1) is 12.4 Å². The van der Waals surface area contributed by atoms with Crippen molar-refractivity contribution < 1.29 is 18.7 Å². The molecule has 1 aromatic rings. The molecule has 0 radical (unpaired) electrons. The number of hydrogen-bond acceptors (Lipinski definition) is 4. The number of carbonyl (C=O) groups is 1. The number of ether oxygens (including phenoxy) is 2. The first kappa shape index (κ1) is 19.9. The topological polar surface area (TPSA) is 46.4 Å². The number of halogens is 2. The van der Waals surface area contributed by atoms with Gasteiger partial charge in [0, 0.05) is 26.2 Å². The lowest BCUT2D eigenvalue weighted by Gasteiger charge is -2.46. The number of benzene rings is 1. The van der Waals surface area contributed by atoms with Crippen LogP contribution in [0.4, 0.5) is 14.9 Å². The molecule has 0 spiro atoms. The zero-order valence-electron chi connectivity index (χ0n) is 15.7. The molecule has 0 aliphatic carbocycles. The number of carbonyl (C=O) groups excluding carboxylic acids is 1. The van der Waals surface area contributed by atoms with Gasteiger partial charge in [0.1, 0.15) is 11.4 Å².